The fourth-order valence-corrected chi connectivity index (χ4v) is 5.35. The number of methoxy groups -OCH3 is 3. The van der Waals surface area contributed by atoms with Gasteiger partial charge in [0.25, 0.3) is 0 Å². The fraction of sp³-hybridized carbons (Fsp3) is 0.133. The molecule has 0 unspecified atom stereocenters. The van der Waals surface area contributed by atoms with E-state index < -0.39 is 0 Å². The Labute approximate surface area is 219 Å². The van der Waals surface area contributed by atoms with Gasteiger partial charge in [-0.3, -0.25) is 4.79 Å². The Morgan fingerprint density at radius 2 is 1.49 bits per heavy atom. The highest BCUT2D eigenvalue weighted by Gasteiger charge is 2.23. The van der Waals surface area contributed by atoms with Gasteiger partial charge in [-0.1, -0.05) is 35.9 Å². The minimum Gasteiger partial charge on any atom is -0.497 e. The smallest absolute Gasteiger partial charge is 0.205 e. The predicted octanol–water partition coefficient (Wildman–Crippen LogP) is 6.78. The molecule has 0 amide bonds. The monoisotopic (exact) mass is 510 g/mol. The molecule has 0 atom stereocenters. The Morgan fingerprint density at radius 1 is 0.811 bits per heavy atom. The standard InChI is InChI=1S/C30H26N2O4S/c1-17-5-7-19(8-6-17)28(33)29-27(31)26-22(20-11-14-24(35-3)25(15-20)36-4)16-23(32-30(26)37-29)18-9-12-21(34-2)13-10-18/h5-16H,31H2,1-4H3. The number of ether oxygens (including phenoxy) is 3. The summed E-state index contributed by atoms with van der Waals surface area (Å²) in [5.41, 5.74) is 12.2. The second-order valence-corrected chi connectivity index (χ2v) is 9.57. The Balaban J connectivity index is 1.74. The van der Waals surface area contributed by atoms with E-state index in [0.29, 0.717) is 32.5 Å². The zero-order valence-electron chi connectivity index (χ0n) is 21.0. The summed E-state index contributed by atoms with van der Waals surface area (Å²) in [5, 5.41) is 0.741. The highest BCUT2D eigenvalue weighted by molar-refractivity contribution is 7.21. The summed E-state index contributed by atoms with van der Waals surface area (Å²) in [4.78, 5) is 19.5. The zero-order chi connectivity index (χ0) is 26.1. The van der Waals surface area contributed by atoms with E-state index in [1.165, 1.54) is 11.3 Å². The number of fused-ring (bicyclic) bond motifs is 1. The van der Waals surface area contributed by atoms with E-state index in [0.717, 1.165) is 39.1 Å². The average molecular weight is 511 g/mol. The Morgan fingerprint density at radius 3 is 2.14 bits per heavy atom. The second-order valence-electron chi connectivity index (χ2n) is 8.57. The summed E-state index contributed by atoms with van der Waals surface area (Å²) in [6.45, 7) is 1.99. The van der Waals surface area contributed by atoms with Crippen molar-refractivity contribution < 1.29 is 19.0 Å². The van der Waals surface area contributed by atoms with Gasteiger partial charge >= 0.3 is 0 Å². The summed E-state index contributed by atoms with van der Waals surface area (Å²) in [7, 11) is 4.84. The van der Waals surface area contributed by atoms with Crippen molar-refractivity contribution in [3.63, 3.8) is 0 Å². The molecule has 0 saturated carbocycles. The largest absolute Gasteiger partial charge is 0.497 e. The third-order valence-corrected chi connectivity index (χ3v) is 7.40. The van der Waals surface area contributed by atoms with Crippen molar-refractivity contribution in [1.29, 1.82) is 0 Å². The van der Waals surface area contributed by atoms with Crippen LogP contribution in [0.3, 0.4) is 0 Å². The van der Waals surface area contributed by atoms with Gasteiger partial charge in [0, 0.05) is 16.5 Å². The first-order valence-corrected chi connectivity index (χ1v) is 12.5. The van der Waals surface area contributed by atoms with Crippen molar-refractivity contribution in [1.82, 2.24) is 4.98 Å². The van der Waals surface area contributed by atoms with Gasteiger partial charge in [-0.25, -0.2) is 4.98 Å². The Hall–Kier alpha value is -4.36. The van der Waals surface area contributed by atoms with Crippen LogP contribution in [-0.4, -0.2) is 32.1 Å². The molecule has 2 aromatic heterocycles. The molecule has 0 radical (unpaired) electrons. The molecule has 0 fully saturated rings. The van der Waals surface area contributed by atoms with Crippen molar-refractivity contribution in [2.75, 3.05) is 27.1 Å². The van der Waals surface area contributed by atoms with Crippen LogP contribution < -0.4 is 19.9 Å². The van der Waals surface area contributed by atoms with Crippen molar-refractivity contribution in [3.8, 4) is 39.6 Å². The minimum absolute atomic E-state index is 0.121. The molecule has 0 spiro atoms. The third kappa shape index (κ3) is 4.49. The average Bonchev–Trinajstić information content (AvgIpc) is 3.28. The van der Waals surface area contributed by atoms with E-state index in [2.05, 4.69) is 0 Å². The first-order chi connectivity index (χ1) is 17.9. The molecule has 37 heavy (non-hydrogen) atoms. The van der Waals surface area contributed by atoms with Crippen LogP contribution in [0.4, 0.5) is 5.69 Å². The number of nitrogens with zero attached hydrogens (tertiary/aromatic N) is 1. The summed E-state index contributed by atoms with van der Waals surface area (Å²) in [5.74, 6) is 1.86. The maximum Gasteiger partial charge on any atom is 0.205 e. The number of nitrogens with two attached hydrogens (primary N) is 1. The molecule has 0 bridgehead atoms. The molecule has 3 aromatic carbocycles. The van der Waals surface area contributed by atoms with Crippen LogP contribution in [0.25, 0.3) is 32.6 Å². The number of carbonyl (C=O) groups excluding carboxylic acids is 1. The van der Waals surface area contributed by atoms with Gasteiger partial charge in [0.15, 0.2) is 11.5 Å². The van der Waals surface area contributed by atoms with E-state index in [1.807, 2.05) is 79.7 Å². The molecular formula is C30H26N2O4S. The topological polar surface area (TPSA) is 83.7 Å². The first kappa shape index (κ1) is 24.3. The number of hydrogen-bond donors (Lipinski definition) is 1. The minimum atomic E-state index is -0.121. The molecule has 5 rings (SSSR count). The van der Waals surface area contributed by atoms with Crippen molar-refractivity contribution in [2.45, 2.75) is 6.92 Å². The maximum atomic E-state index is 13.5. The number of aryl methyl sites for hydroxylation is 1. The van der Waals surface area contributed by atoms with E-state index in [9.17, 15) is 4.79 Å². The number of aromatic nitrogens is 1. The van der Waals surface area contributed by atoms with Crippen LogP contribution in [0.15, 0.2) is 72.8 Å². The molecular weight excluding hydrogens is 484 g/mol. The van der Waals surface area contributed by atoms with Crippen molar-refractivity contribution >= 4 is 33.0 Å². The molecule has 0 aliphatic heterocycles. The van der Waals surface area contributed by atoms with Crippen LogP contribution in [-0.2, 0) is 0 Å². The summed E-state index contributed by atoms with van der Waals surface area (Å²) >= 11 is 1.31. The second kappa shape index (κ2) is 9.95. The summed E-state index contributed by atoms with van der Waals surface area (Å²) in [6, 6.07) is 22.9. The summed E-state index contributed by atoms with van der Waals surface area (Å²) in [6.07, 6.45) is 0. The normalized spacial score (nSPS) is 10.9. The first-order valence-electron chi connectivity index (χ1n) is 11.6. The van der Waals surface area contributed by atoms with Crippen LogP contribution in [0.1, 0.15) is 20.8 Å². The number of benzene rings is 3. The third-order valence-electron chi connectivity index (χ3n) is 6.30. The van der Waals surface area contributed by atoms with Gasteiger partial charge in [-0.05, 0) is 60.5 Å². The number of rotatable bonds is 7. The van der Waals surface area contributed by atoms with E-state index in [1.54, 1.807) is 21.3 Å². The highest BCUT2D eigenvalue weighted by atomic mass is 32.1. The number of nitrogen functional groups attached to an aromatic ring is 1. The SMILES string of the molecule is COc1ccc(-c2cc(-c3ccc(OC)c(OC)c3)c3c(N)c(C(=O)c4ccc(C)cc4)sc3n2)cc1. The number of ketones is 1. The van der Waals surface area contributed by atoms with Gasteiger partial charge in [-0.2, -0.15) is 0 Å². The molecule has 7 heteroatoms. The van der Waals surface area contributed by atoms with Crippen molar-refractivity contribution in [3.05, 3.63) is 88.8 Å². The lowest BCUT2D eigenvalue weighted by atomic mass is 9.98. The lowest BCUT2D eigenvalue weighted by molar-refractivity contribution is 0.104. The molecule has 0 saturated heterocycles. The molecule has 6 nitrogen and oxygen atoms in total. The molecule has 2 heterocycles. The number of carbonyl (C=O) groups is 1. The quantitative estimate of drug-likeness (QED) is 0.243. The Bertz CT molecular complexity index is 1610. The molecule has 0 aliphatic carbocycles. The lowest BCUT2D eigenvalue weighted by Gasteiger charge is -2.12. The van der Waals surface area contributed by atoms with Crippen molar-refractivity contribution in [2.24, 2.45) is 0 Å². The lowest BCUT2D eigenvalue weighted by Crippen LogP contribution is -2.02. The van der Waals surface area contributed by atoms with E-state index in [4.69, 9.17) is 24.9 Å². The van der Waals surface area contributed by atoms with Gasteiger partial charge in [0.2, 0.25) is 5.78 Å². The number of anilines is 1. The van der Waals surface area contributed by atoms with Gasteiger partial charge in [-0.15, -0.1) is 11.3 Å². The van der Waals surface area contributed by atoms with Crippen LogP contribution in [0, 0.1) is 6.92 Å². The zero-order valence-corrected chi connectivity index (χ0v) is 21.8. The van der Waals surface area contributed by atoms with Gasteiger partial charge in [0.05, 0.1) is 32.7 Å². The molecule has 2 N–H and O–H groups in total. The Kier molecular flexibility index (Phi) is 6.54. The van der Waals surface area contributed by atoms with Crippen LogP contribution in [0.5, 0.6) is 17.2 Å². The molecule has 186 valence electrons. The summed E-state index contributed by atoms with van der Waals surface area (Å²) < 4.78 is 16.3. The van der Waals surface area contributed by atoms with Gasteiger partial charge < -0.3 is 19.9 Å². The fourth-order valence-electron chi connectivity index (χ4n) is 4.27. The van der Waals surface area contributed by atoms with Crippen LogP contribution >= 0.6 is 11.3 Å². The van der Waals surface area contributed by atoms with Gasteiger partial charge in [0.1, 0.15) is 15.5 Å². The molecule has 5 aromatic rings. The molecule has 0 aliphatic rings. The van der Waals surface area contributed by atoms with E-state index in [-0.39, 0.29) is 5.78 Å². The number of thiophene rings is 1. The van der Waals surface area contributed by atoms with E-state index >= 15 is 0 Å². The maximum absolute atomic E-state index is 13.5. The number of hydrogen-bond acceptors (Lipinski definition) is 7. The van der Waals surface area contributed by atoms with Crippen LogP contribution in [0.2, 0.25) is 0 Å². The number of pyridine rings is 1. The highest BCUT2D eigenvalue weighted by Crippen LogP contribution is 2.43. The predicted molar refractivity (Wildman–Crippen MR) is 149 cm³/mol.